The maximum Gasteiger partial charge on any atom is 0.169 e. The maximum atomic E-state index is 5.77. The first-order chi connectivity index (χ1) is 8.50. The fourth-order valence-electron chi connectivity index (χ4n) is 1.56. The van der Waals surface area contributed by atoms with Gasteiger partial charge in [0, 0.05) is 0 Å². The van der Waals surface area contributed by atoms with Gasteiger partial charge in [-0.25, -0.2) is 0 Å². The van der Waals surface area contributed by atoms with E-state index in [2.05, 4.69) is 25.9 Å². The molecule has 0 saturated heterocycles. The van der Waals surface area contributed by atoms with Crippen molar-refractivity contribution in [3.05, 3.63) is 36.7 Å². The van der Waals surface area contributed by atoms with Crippen LogP contribution in [0.3, 0.4) is 0 Å². The van der Waals surface area contributed by atoms with Gasteiger partial charge < -0.3 is 9.47 Å². The number of ether oxygens (including phenoxy) is 2. The fourth-order valence-corrected chi connectivity index (χ4v) is 1.56. The Morgan fingerprint density at radius 1 is 1.11 bits per heavy atom. The second-order valence-corrected chi connectivity index (χ2v) is 5.04. The predicted octanol–water partition coefficient (Wildman–Crippen LogP) is 3.44. The number of rotatable bonds is 3. The van der Waals surface area contributed by atoms with E-state index < -0.39 is 0 Å². The lowest BCUT2D eigenvalue weighted by Crippen LogP contribution is -2.21. The molecule has 0 saturated carbocycles. The van der Waals surface area contributed by atoms with Crippen molar-refractivity contribution in [2.75, 3.05) is 7.11 Å². The molecule has 0 aliphatic carbocycles. The summed E-state index contributed by atoms with van der Waals surface area (Å²) in [6, 6.07) is 7.55. The highest BCUT2D eigenvalue weighted by Gasteiger charge is 2.15. The van der Waals surface area contributed by atoms with Crippen LogP contribution in [0.15, 0.2) is 36.7 Å². The molecule has 0 fully saturated rings. The molecule has 0 N–H and O–H groups in total. The largest absolute Gasteiger partial charge is 0.493 e. The van der Waals surface area contributed by atoms with Gasteiger partial charge in [0.1, 0.15) is 0 Å². The lowest BCUT2D eigenvalue weighted by Gasteiger charge is -2.18. The lowest BCUT2D eigenvalue weighted by atomic mass is 10.1. The van der Waals surface area contributed by atoms with Crippen molar-refractivity contribution >= 4 is 0 Å². The summed E-state index contributed by atoms with van der Waals surface area (Å²) in [5.74, 6) is 2.10. The topological polar surface area (TPSA) is 36.3 Å². The summed E-state index contributed by atoms with van der Waals surface area (Å²) in [5, 5.41) is 4.29. The summed E-state index contributed by atoms with van der Waals surface area (Å²) in [6.07, 6.45) is 3.59. The SMILES string of the molecule is COc1ccccc1Oc1cnn(C(C)(C)C)c1. The van der Waals surface area contributed by atoms with Crippen LogP contribution in [0.4, 0.5) is 0 Å². The minimum Gasteiger partial charge on any atom is -0.493 e. The van der Waals surface area contributed by atoms with Crippen LogP contribution in [-0.2, 0) is 5.54 Å². The molecule has 2 aromatic rings. The summed E-state index contributed by atoms with van der Waals surface area (Å²) >= 11 is 0. The summed E-state index contributed by atoms with van der Waals surface area (Å²) < 4.78 is 12.9. The zero-order valence-electron chi connectivity index (χ0n) is 11.2. The monoisotopic (exact) mass is 246 g/mol. The van der Waals surface area contributed by atoms with Gasteiger partial charge in [0.05, 0.1) is 25.0 Å². The average Bonchev–Trinajstić information content (AvgIpc) is 2.78. The van der Waals surface area contributed by atoms with Crippen molar-refractivity contribution in [3.63, 3.8) is 0 Å². The molecule has 0 spiro atoms. The van der Waals surface area contributed by atoms with Crippen LogP contribution in [-0.4, -0.2) is 16.9 Å². The van der Waals surface area contributed by atoms with Crippen molar-refractivity contribution in [2.24, 2.45) is 0 Å². The molecule has 0 amide bonds. The number of hydrogen-bond acceptors (Lipinski definition) is 3. The number of nitrogens with zero attached hydrogens (tertiary/aromatic N) is 2. The zero-order chi connectivity index (χ0) is 13.2. The maximum absolute atomic E-state index is 5.77. The first-order valence-electron chi connectivity index (χ1n) is 5.87. The molecule has 4 heteroatoms. The molecule has 0 atom stereocenters. The van der Waals surface area contributed by atoms with Gasteiger partial charge in [0.2, 0.25) is 0 Å². The number of methoxy groups -OCH3 is 1. The van der Waals surface area contributed by atoms with E-state index in [0.717, 1.165) is 0 Å². The Bertz CT molecular complexity index is 527. The van der Waals surface area contributed by atoms with Gasteiger partial charge in [0.15, 0.2) is 17.2 Å². The van der Waals surface area contributed by atoms with Crippen LogP contribution in [0.2, 0.25) is 0 Å². The molecule has 0 aliphatic heterocycles. The second kappa shape index (κ2) is 4.72. The molecule has 0 aliphatic rings. The Balaban J connectivity index is 2.22. The normalized spacial score (nSPS) is 11.3. The molecule has 0 radical (unpaired) electrons. The molecule has 18 heavy (non-hydrogen) atoms. The molecule has 96 valence electrons. The Hall–Kier alpha value is -1.97. The van der Waals surface area contributed by atoms with Gasteiger partial charge in [-0.05, 0) is 32.9 Å². The first kappa shape index (κ1) is 12.5. The molecule has 1 aromatic heterocycles. The average molecular weight is 246 g/mol. The van der Waals surface area contributed by atoms with Crippen molar-refractivity contribution in [1.29, 1.82) is 0 Å². The third kappa shape index (κ3) is 2.64. The van der Waals surface area contributed by atoms with Gasteiger partial charge in [-0.1, -0.05) is 12.1 Å². The number of benzene rings is 1. The van der Waals surface area contributed by atoms with E-state index in [4.69, 9.17) is 9.47 Å². The van der Waals surface area contributed by atoms with E-state index in [1.807, 2.05) is 35.1 Å². The summed E-state index contributed by atoms with van der Waals surface area (Å²) in [4.78, 5) is 0. The van der Waals surface area contributed by atoms with Crippen LogP contribution < -0.4 is 9.47 Å². The smallest absolute Gasteiger partial charge is 0.169 e. The van der Waals surface area contributed by atoms with Crippen LogP contribution >= 0.6 is 0 Å². The molecule has 1 aromatic carbocycles. The van der Waals surface area contributed by atoms with E-state index in [9.17, 15) is 0 Å². The van der Waals surface area contributed by atoms with Gasteiger partial charge in [0.25, 0.3) is 0 Å². The molecule has 0 bridgehead atoms. The Labute approximate surface area is 107 Å². The second-order valence-electron chi connectivity index (χ2n) is 5.04. The van der Waals surface area contributed by atoms with E-state index >= 15 is 0 Å². The highest BCUT2D eigenvalue weighted by atomic mass is 16.5. The van der Waals surface area contributed by atoms with Crippen LogP contribution in [0.25, 0.3) is 0 Å². The van der Waals surface area contributed by atoms with Crippen LogP contribution in [0.1, 0.15) is 20.8 Å². The standard InChI is InChI=1S/C14H18N2O2/c1-14(2,3)16-10-11(9-15-16)18-13-8-6-5-7-12(13)17-4/h5-10H,1-4H3. The van der Waals surface area contributed by atoms with E-state index in [1.54, 1.807) is 13.3 Å². The molecule has 0 unspecified atom stereocenters. The van der Waals surface area contributed by atoms with E-state index in [1.165, 1.54) is 0 Å². The Kier molecular flexibility index (Phi) is 3.28. The molecular formula is C14H18N2O2. The third-order valence-electron chi connectivity index (χ3n) is 2.54. The van der Waals surface area contributed by atoms with Gasteiger partial charge in [-0.3, -0.25) is 4.68 Å². The predicted molar refractivity (Wildman–Crippen MR) is 70.3 cm³/mol. The number of hydrogen-bond donors (Lipinski definition) is 0. The molecule has 1 heterocycles. The van der Waals surface area contributed by atoms with Gasteiger partial charge in [-0.2, -0.15) is 5.10 Å². The third-order valence-corrected chi connectivity index (χ3v) is 2.54. The first-order valence-corrected chi connectivity index (χ1v) is 5.87. The molecule has 4 nitrogen and oxygen atoms in total. The van der Waals surface area contributed by atoms with Crippen molar-refractivity contribution in [3.8, 4) is 17.2 Å². The zero-order valence-corrected chi connectivity index (χ0v) is 11.2. The highest BCUT2D eigenvalue weighted by molar-refractivity contribution is 5.41. The summed E-state index contributed by atoms with van der Waals surface area (Å²) in [7, 11) is 1.63. The number of aromatic nitrogens is 2. The van der Waals surface area contributed by atoms with E-state index in [0.29, 0.717) is 17.2 Å². The molecule has 2 rings (SSSR count). The quantitative estimate of drug-likeness (QED) is 0.832. The van der Waals surface area contributed by atoms with Crippen molar-refractivity contribution < 1.29 is 9.47 Å². The van der Waals surface area contributed by atoms with Crippen molar-refractivity contribution in [1.82, 2.24) is 9.78 Å². The minimum atomic E-state index is -0.0532. The minimum absolute atomic E-state index is 0.0532. The van der Waals surface area contributed by atoms with Gasteiger partial charge in [-0.15, -0.1) is 0 Å². The Morgan fingerprint density at radius 2 is 1.78 bits per heavy atom. The Morgan fingerprint density at radius 3 is 2.33 bits per heavy atom. The van der Waals surface area contributed by atoms with Crippen LogP contribution in [0, 0.1) is 0 Å². The molecular weight excluding hydrogens is 228 g/mol. The summed E-state index contributed by atoms with van der Waals surface area (Å²) in [5.41, 5.74) is -0.0532. The summed E-state index contributed by atoms with van der Waals surface area (Å²) in [6.45, 7) is 6.27. The van der Waals surface area contributed by atoms with Gasteiger partial charge >= 0.3 is 0 Å². The lowest BCUT2D eigenvalue weighted by molar-refractivity contribution is 0.352. The highest BCUT2D eigenvalue weighted by Crippen LogP contribution is 2.31. The number of para-hydroxylation sites is 2. The van der Waals surface area contributed by atoms with E-state index in [-0.39, 0.29) is 5.54 Å². The van der Waals surface area contributed by atoms with Crippen LogP contribution in [0.5, 0.6) is 17.2 Å². The van der Waals surface area contributed by atoms with Crippen molar-refractivity contribution in [2.45, 2.75) is 26.3 Å². The fraction of sp³-hybridized carbons (Fsp3) is 0.357.